The molecule has 5 rings (SSSR count). The number of fused-ring (bicyclic) bond motifs is 1. The maximum atomic E-state index is 13.3. The Morgan fingerprint density at radius 3 is 2.77 bits per heavy atom. The lowest BCUT2D eigenvalue weighted by Gasteiger charge is -2.29. The van der Waals surface area contributed by atoms with E-state index in [0.29, 0.717) is 11.7 Å². The van der Waals surface area contributed by atoms with Crippen LogP contribution in [0.4, 0.5) is 0 Å². The summed E-state index contributed by atoms with van der Waals surface area (Å²) in [4.78, 5) is 21.7. The van der Waals surface area contributed by atoms with Crippen molar-refractivity contribution in [3.05, 3.63) is 65.5 Å². The number of hydrogen-bond acceptors (Lipinski definition) is 6. The SMILES string of the molecule is Cc1cc(-c2[nH]nc(C(=O)N[C@H]3CC[C@@H](NCc4cccnc4)CC3)c2C(C)C)cn2ncnc12. The minimum Gasteiger partial charge on any atom is -0.348 e. The molecule has 4 aromatic rings. The van der Waals surface area contributed by atoms with Gasteiger partial charge >= 0.3 is 0 Å². The van der Waals surface area contributed by atoms with Crippen LogP contribution >= 0.6 is 0 Å². The third-order valence-corrected chi connectivity index (χ3v) is 6.82. The maximum Gasteiger partial charge on any atom is 0.272 e. The first-order valence-electron chi connectivity index (χ1n) is 12.3. The second-order valence-corrected chi connectivity index (χ2v) is 9.72. The van der Waals surface area contributed by atoms with Crippen molar-refractivity contribution in [3.63, 3.8) is 0 Å². The molecule has 0 unspecified atom stereocenters. The third kappa shape index (κ3) is 4.95. The van der Waals surface area contributed by atoms with Gasteiger partial charge in [0.1, 0.15) is 6.33 Å². The summed E-state index contributed by atoms with van der Waals surface area (Å²) in [6.07, 6.45) is 11.1. The highest BCUT2D eigenvalue weighted by Crippen LogP contribution is 2.31. The Labute approximate surface area is 204 Å². The first-order chi connectivity index (χ1) is 17.0. The van der Waals surface area contributed by atoms with Crippen molar-refractivity contribution in [2.75, 3.05) is 0 Å². The number of nitrogens with zero attached hydrogens (tertiary/aromatic N) is 5. The molecule has 3 N–H and O–H groups in total. The lowest BCUT2D eigenvalue weighted by molar-refractivity contribution is 0.0917. The maximum absolute atomic E-state index is 13.3. The second-order valence-electron chi connectivity index (χ2n) is 9.72. The lowest BCUT2D eigenvalue weighted by atomic mass is 9.90. The van der Waals surface area contributed by atoms with Gasteiger partial charge in [-0.25, -0.2) is 9.50 Å². The molecule has 1 saturated carbocycles. The van der Waals surface area contributed by atoms with Crippen molar-refractivity contribution in [3.8, 4) is 11.3 Å². The van der Waals surface area contributed by atoms with E-state index in [2.05, 4.69) is 61.9 Å². The normalized spacial score (nSPS) is 18.3. The summed E-state index contributed by atoms with van der Waals surface area (Å²) in [5.74, 6) is 0.0187. The van der Waals surface area contributed by atoms with Gasteiger partial charge in [-0.15, -0.1) is 0 Å². The molecule has 9 nitrogen and oxygen atoms in total. The molecular weight excluding hydrogens is 440 g/mol. The van der Waals surface area contributed by atoms with Gasteiger partial charge < -0.3 is 10.6 Å². The van der Waals surface area contributed by atoms with Crippen molar-refractivity contribution < 1.29 is 4.79 Å². The summed E-state index contributed by atoms with van der Waals surface area (Å²) in [7, 11) is 0. The summed E-state index contributed by atoms with van der Waals surface area (Å²) < 4.78 is 1.76. The van der Waals surface area contributed by atoms with Gasteiger partial charge in [-0.2, -0.15) is 10.2 Å². The Bertz CT molecular complexity index is 1300. The fourth-order valence-corrected chi connectivity index (χ4v) is 5.00. The fraction of sp³-hybridized carbons (Fsp3) is 0.423. The van der Waals surface area contributed by atoms with Gasteiger partial charge in [0.15, 0.2) is 11.3 Å². The van der Waals surface area contributed by atoms with E-state index >= 15 is 0 Å². The lowest BCUT2D eigenvalue weighted by Crippen LogP contribution is -2.42. The number of carbonyl (C=O) groups is 1. The Balaban J connectivity index is 1.25. The van der Waals surface area contributed by atoms with Crippen molar-refractivity contribution in [1.82, 2.24) is 40.4 Å². The van der Waals surface area contributed by atoms with Crippen LogP contribution in [0.1, 0.15) is 72.6 Å². The number of hydrogen-bond donors (Lipinski definition) is 3. The molecule has 0 aliphatic heterocycles. The highest BCUT2D eigenvalue weighted by Gasteiger charge is 2.27. The topological polar surface area (TPSA) is 113 Å². The van der Waals surface area contributed by atoms with Crippen molar-refractivity contribution in [2.24, 2.45) is 0 Å². The predicted molar refractivity (Wildman–Crippen MR) is 134 cm³/mol. The average Bonchev–Trinajstić information content (AvgIpc) is 3.52. The molecule has 0 atom stereocenters. The second kappa shape index (κ2) is 9.95. The molecule has 0 spiro atoms. The minimum absolute atomic E-state index is 0.110. The van der Waals surface area contributed by atoms with E-state index in [1.807, 2.05) is 25.4 Å². The number of aromatic nitrogens is 6. The van der Waals surface area contributed by atoms with Gasteiger partial charge in [0.2, 0.25) is 0 Å². The molecule has 0 saturated heterocycles. The van der Waals surface area contributed by atoms with Crippen LogP contribution in [-0.2, 0) is 6.54 Å². The first kappa shape index (κ1) is 23.2. The zero-order valence-electron chi connectivity index (χ0n) is 20.5. The summed E-state index contributed by atoms with van der Waals surface area (Å²) in [5, 5.41) is 18.7. The summed E-state index contributed by atoms with van der Waals surface area (Å²) in [6, 6.07) is 6.73. The smallest absolute Gasteiger partial charge is 0.272 e. The third-order valence-electron chi connectivity index (χ3n) is 6.82. The van der Waals surface area contributed by atoms with Crippen molar-refractivity contribution in [2.45, 2.75) is 71.0 Å². The van der Waals surface area contributed by atoms with Gasteiger partial charge in [0.05, 0.1) is 5.69 Å². The van der Waals surface area contributed by atoms with E-state index in [9.17, 15) is 4.79 Å². The van der Waals surface area contributed by atoms with Crippen molar-refractivity contribution in [1.29, 1.82) is 0 Å². The minimum atomic E-state index is -0.110. The number of carbonyl (C=O) groups excluding carboxylic acids is 1. The van der Waals surface area contributed by atoms with E-state index in [0.717, 1.165) is 60.3 Å². The Hall–Kier alpha value is -3.59. The van der Waals surface area contributed by atoms with Crippen LogP contribution in [0.5, 0.6) is 0 Å². The number of aromatic amines is 1. The van der Waals surface area contributed by atoms with Crippen LogP contribution in [0.2, 0.25) is 0 Å². The average molecular weight is 473 g/mol. The molecular formula is C26H32N8O. The van der Waals surface area contributed by atoms with Crippen molar-refractivity contribution >= 4 is 11.6 Å². The number of H-pyrrole nitrogens is 1. The largest absolute Gasteiger partial charge is 0.348 e. The van der Waals surface area contributed by atoms with Gasteiger partial charge in [-0.05, 0) is 61.8 Å². The standard InChI is InChI=1S/C26H32N8O/c1-16(2)22-23(19-11-17(3)25-29-15-30-34(25)14-19)32-33-24(22)26(35)31-21-8-6-20(7-9-21)28-13-18-5-4-10-27-12-18/h4-5,10-12,14-16,20-21,28H,6-9,13H2,1-3H3,(H,31,35)(H,32,33)/t20-,21+. The van der Waals surface area contributed by atoms with Crippen LogP contribution in [0.25, 0.3) is 16.9 Å². The molecule has 0 bridgehead atoms. The molecule has 35 heavy (non-hydrogen) atoms. The van der Waals surface area contributed by atoms with E-state index in [-0.39, 0.29) is 17.9 Å². The molecule has 0 aromatic carbocycles. The Morgan fingerprint density at radius 2 is 2.03 bits per heavy atom. The molecule has 9 heteroatoms. The molecule has 0 radical (unpaired) electrons. The Morgan fingerprint density at radius 1 is 1.23 bits per heavy atom. The van der Waals surface area contributed by atoms with E-state index < -0.39 is 0 Å². The molecule has 4 heterocycles. The zero-order chi connectivity index (χ0) is 24.4. The van der Waals surface area contributed by atoms with Gasteiger partial charge in [-0.3, -0.25) is 14.9 Å². The van der Waals surface area contributed by atoms with Crippen LogP contribution in [-0.4, -0.2) is 47.8 Å². The molecule has 1 aliphatic rings. The molecule has 1 fully saturated rings. The van der Waals surface area contributed by atoms with Crippen LogP contribution in [0.15, 0.2) is 43.1 Å². The molecule has 182 valence electrons. The number of aryl methyl sites for hydroxylation is 1. The quantitative estimate of drug-likeness (QED) is 0.377. The highest BCUT2D eigenvalue weighted by molar-refractivity contribution is 5.96. The van der Waals surface area contributed by atoms with E-state index in [4.69, 9.17) is 0 Å². The van der Waals surface area contributed by atoms with Crippen LogP contribution < -0.4 is 10.6 Å². The van der Waals surface area contributed by atoms with E-state index in [1.165, 1.54) is 5.56 Å². The number of amides is 1. The molecule has 4 aromatic heterocycles. The van der Waals surface area contributed by atoms with Gasteiger partial charge in [-0.1, -0.05) is 19.9 Å². The Kier molecular flexibility index (Phi) is 6.59. The molecule has 1 aliphatic carbocycles. The summed E-state index contributed by atoms with van der Waals surface area (Å²) >= 11 is 0. The van der Waals surface area contributed by atoms with Crippen LogP contribution in [0, 0.1) is 6.92 Å². The zero-order valence-corrected chi connectivity index (χ0v) is 20.5. The number of pyridine rings is 2. The molecule has 1 amide bonds. The highest BCUT2D eigenvalue weighted by atomic mass is 16.2. The fourth-order valence-electron chi connectivity index (χ4n) is 5.00. The predicted octanol–water partition coefficient (Wildman–Crippen LogP) is 3.78. The number of nitrogens with one attached hydrogen (secondary N) is 3. The van der Waals surface area contributed by atoms with E-state index in [1.54, 1.807) is 17.0 Å². The number of rotatable bonds is 7. The van der Waals surface area contributed by atoms with Crippen LogP contribution in [0.3, 0.4) is 0 Å². The van der Waals surface area contributed by atoms with Gasteiger partial charge in [0, 0.05) is 48.3 Å². The first-order valence-corrected chi connectivity index (χ1v) is 12.3. The summed E-state index contributed by atoms with van der Waals surface area (Å²) in [6.45, 7) is 7.01. The summed E-state index contributed by atoms with van der Waals surface area (Å²) in [5.41, 5.74) is 6.23. The monoisotopic (exact) mass is 472 g/mol. The van der Waals surface area contributed by atoms with Gasteiger partial charge in [0.25, 0.3) is 5.91 Å².